The van der Waals surface area contributed by atoms with E-state index in [-0.39, 0.29) is 11.9 Å². The largest absolute Gasteiger partial charge is 0.480 e. The summed E-state index contributed by atoms with van der Waals surface area (Å²) in [5.74, 6) is -1.45. The monoisotopic (exact) mass is 418 g/mol. The number of carboxylic acids is 1. The van der Waals surface area contributed by atoms with Crippen molar-refractivity contribution >= 4 is 22.6 Å². The second kappa shape index (κ2) is 9.75. The molecule has 31 heavy (non-hydrogen) atoms. The smallest absolute Gasteiger partial charge is 0.328 e. The van der Waals surface area contributed by atoms with Gasteiger partial charge in [0.15, 0.2) is 0 Å². The summed E-state index contributed by atoms with van der Waals surface area (Å²) in [6.45, 7) is 6.01. The third-order valence-corrected chi connectivity index (χ3v) is 5.56. The minimum Gasteiger partial charge on any atom is -0.480 e. The minimum absolute atomic E-state index is 0.259. The Labute approximate surface area is 183 Å². The molecule has 1 amide bonds. The molecular formula is C26H30N2O3. The van der Waals surface area contributed by atoms with Crippen LogP contribution in [-0.4, -0.2) is 29.1 Å². The number of amides is 1. The van der Waals surface area contributed by atoms with Crippen molar-refractivity contribution in [2.75, 3.05) is 6.54 Å². The molecule has 3 rings (SSSR count). The lowest BCUT2D eigenvalue weighted by atomic mass is 9.99. The van der Waals surface area contributed by atoms with E-state index < -0.39 is 11.5 Å². The van der Waals surface area contributed by atoms with Crippen LogP contribution in [0.25, 0.3) is 10.8 Å². The van der Waals surface area contributed by atoms with Crippen LogP contribution in [0, 0.1) is 0 Å². The Kier molecular flexibility index (Phi) is 7.08. The third-order valence-electron chi connectivity index (χ3n) is 5.56. The second-order valence-electron chi connectivity index (χ2n) is 8.43. The average Bonchev–Trinajstić information content (AvgIpc) is 2.76. The van der Waals surface area contributed by atoms with Gasteiger partial charge in [-0.1, -0.05) is 54.6 Å². The lowest BCUT2D eigenvalue weighted by molar-refractivity contribution is -0.143. The first-order valence-corrected chi connectivity index (χ1v) is 10.6. The molecule has 5 heteroatoms. The first kappa shape index (κ1) is 22.5. The van der Waals surface area contributed by atoms with Crippen molar-refractivity contribution in [2.45, 2.75) is 45.2 Å². The Morgan fingerprint density at radius 1 is 0.968 bits per heavy atom. The maximum Gasteiger partial charge on any atom is 0.328 e. The molecule has 0 bridgehead atoms. The van der Waals surface area contributed by atoms with Gasteiger partial charge in [-0.3, -0.25) is 4.79 Å². The second-order valence-corrected chi connectivity index (χ2v) is 8.43. The molecule has 3 aromatic rings. The quantitative estimate of drug-likeness (QED) is 0.440. The molecule has 0 saturated carbocycles. The first-order chi connectivity index (χ1) is 14.8. The summed E-state index contributed by atoms with van der Waals surface area (Å²) in [5, 5.41) is 17.8. The van der Waals surface area contributed by atoms with Gasteiger partial charge in [0.2, 0.25) is 0 Å². The van der Waals surface area contributed by atoms with E-state index >= 15 is 0 Å². The van der Waals surface area contributed by atoms with Crippen LogP contribution in [0.3, 0.4) is 0 Å². The number of carboxylic acid groups (broad SMARTS) is 1. The number of rotatable bonds is 9. The summed E-state index contributed by atoms with van der Waals surface area (Å²) in [7, 11) is 0. The maximum atomic E-state index is 12.3. The van der Waals surface area contributed by atoms with Crippen molar-refractivity contribution in [2.24, 2.45) is 0 Å². The predicted octanol–water partition coefficient (Wildman–Crippen LogP) is 4.72. The Balaban J connectivity index is 1.50. The van der Waals surface area contributed by atoms with Crippen molar-refractivity contribution in [3.63, 3.8) is 0 Å². The van der Waals surface area contributed by atoms with Gasteiger partial charge in [0.05, 0.1) is 0 Å². The molecule has 5 nitrogen and oxygen atoms in total. The van der Waals surface area contributed by atoms with Crippen molar-refractivity contribution in [1.29, 1.82) is 0 Å². The van der Waals surface area contributed by atoms with Crippen LogP contribution >= 0.6 is 0 Å². The van der Waals surface area contributed by atoms with Crippen molar-refractivity contribution < 1.29 is 14.7 Å². The minimum atomic E-state index is -1.30. The van der Waals surface area contributed by atoms with Gasteiger partial charge in [0, 0.05) is 11.6 Å². The maximum absolute atomic E-state index is 12.3. The van der Waals surface area contributed by atoms with Gasteiger partial charge in [-0.25, -0.2) is 4.79 Å². The summed E-state index contributed by atoms with van der Waals surface area (Å²) in [6, 6.07) is 22.5. The molecule has 1 atom stereocenters. The zero-order valence-corrected chi connectivity index (χ0v) is 18.3. The number of hydrogen-bond donors (Lipinski definition) is 3. The molecule has 0 aromatic heterocycles. The van der Waals surface area contributed by atoms with Crippen LogP contribution in [0.1, 0.15) is 54.7 Å². The number of aliphatic carboxylic acids is 1. The van der Waals surface area contributed by atoms with E-state index in [0.717, 1.165) is 24.9 Å². The van der Waals surface area contributed by atoms with Gasteiger partial charge in [0.1, 0.15) is 5.54 Å². The molecule has 0 fully saturated rings. The number of nitrogens with one attached hydrogen (secondary N) is 2. The molecule has 0 aliphatic heterocycles. The van der Waals surface area contributed by atoms with Crippen molar-refractivity contribution in [1.82, 2.24) is 10.6 Å². The normalized spacial score (nSPS) is 12.5. The molecule has 3 N–H and O–H groups in total. The SMILES string of the molecule is CC(NCCCc1ccc(C(=O)NC(C)(C)C(=O)O)cc1)c1cccc2ccccc12. The molecule has 1 unspecified atom stereocenters. The number of carbonyl (C=O) groups excluding carboxylic acids is 1. The fraction of sp³-hybridized carbons (Fsp3) is 0.308. The van der Waals surface area contributed by atoms with Gasteiger partial charge < -0.3 is 15.7 Å². The van der Waals surface area contributed by atoms with Gasteiger partial charge >= 0.3 is 5.97 Å². The van der Waals surface area contributed by atoms with E-state index in [0.29, 0.717) is 5.56 Å². The molecular weight excluding hydrogens is 388 g/mol. The topological polar surface area (TPSA) is 78.4 Å². The summed E-state index contributed by atoms with van der Waals surface area (Å²) in [5.41, 5.74) is 1.61. The highest BCUT2D eigenvalue weighted by atomic mass is 16.4. The zero-order chi connectivity index (χ0) is 22.4. The van der Waals surface area contributed by atoms with Gasteiger partial charge in [-0.05, 0) is 74.2 Å². The molecule has 0 aliphatic carbocycles. The summed E-state index contributed by atoms with van der Waals surface area (Å²) < 4.78 is 0. The lowest BCUT2D eigenvalue weighted by Gasteiger charge is -2.21. The van der Waals surface area contributed by atoms with Gasteiger partial charge in [-0.15, -0.1) is 0 Å². The Morgan fingerprint density at radius 2 is 1.65 bits per heavy atom. The van der Waals surface area contributed by atoms with E-state index in [2.05, 4.69) is 60.0 Å². The average molecular weight is 419 g/mol. The highest BCUT2D eigenvalue weighted by Crippen LogP contribution is 2.24. The lowest BCUT2D eigenvalue weighted by Crippen LogP contribution is -2.49. The zero-order valence-electron chi connectivity index (χ0n) is 18.3. The Morgan fingerprint density at radius 3 is 2.35 bits per heavy atom. The molecule has 0 aliphatic rings. The van der Waals surface area contributed by atoms with Crippen LogP contribution in [0.15, 0.2) is 66.7 Å². The number of aryl methyl sites for hydroxylation is 1. The fourth-order valence-corrected chi connectivity index (χ4v) is 3.58. The van der Waals surface area contributed by atoms with E-state index in [1.807, 2.05) is 12.1 Å². The third kappa shape index (κ3) is 5.70. The molecule has 0 heterocycles. The highest BCUT2D eigenvalue weighted by Gasteiger charge is 2.29. The van der Waals surface area contributed by atoms with E-state index in [4.69, 9.17) is 5.11 Å². The highest BCUT2D eigenvalue weighted by molar-refractivity contribution is 5.97. The summed E-state index contributed by atoms with van der Waals surface area (Å²) >= 11 is 0. The van der Waals surface area contributed by atoms with Crippen molar-refractivity contribution in [3.05, 3.63) is 83.4 Å². The Hall–Kier alpha value is -3.18. The van der Waals surface area contributed by atoms with E-state index in [1.165, 1.54) is 30.2 Å². The van der Waals surface area contributed by atoms with Crippen LogP contribution in [0.2, 0.25) is 0 Å². The van der Waals surface area contributed by atoms with E-state index in [9.17, 15) is 9.59 Å². The number of fused-ring (bicyclic) bond motifs is 1. The standard InChI is InChI=1S/C26H30N2O3/c1-18(22-12-6-10-20-9-4-5-11-23(20)22)27-17-7-8-19-13-15-21(16-14-19)24(29)28-26(2,3)25(30)31/h4-6,9-16,18,27H,7-8,17H2,1-3H3,(H,28,29)(H,30,31). The van der Waals surface area contributed by atoms with Gasteiger partial charge in [-0.2, -0.15) is 0 Å². The molecule has 0 spiro atoms. The fourth-order valence-electron chi connectivity index (χ4n) is 3.58. The summed E-state index contributed by atoms with van der Waals surface area (Å²) in [6.07, 6.45) is 1.88. The van der Waals surface area contributed by atoms with Crippen LogP contribution < -0.4 is 10.6 Å². The van der Waals surface area contributed by atoms with Crippen LogP contribution in [-0.2, 0) is 11.2 Å². The van der Waals surface area contributed by atoms with Crippen LogP contribution in [0.5, 0.6) is 0 Å². The molecule has 162 valence electrons. The number of benzene rings is 3. The predicted molar refractivity (Wildman–Crippen MR) is 124 cm³/mol. The van der Waals surface area contributed by atoms with Crippen molar-refractivity contribution in [3.8, 4) is 0 Å². The first-order valence-electron chi connectivity index (χ1n) is 10.6. The number of hydrogen-bond acceptors (Lipinski definition) is 3. The van der Waals surface area contributed by atoms with E-state index in [1.54, 1.807) is 12.1 Å². The molecule has 3 aromatic carbocycles. The number of carbonyl (C=O) groups is 2. The molecule has 0 saturated heterocycles. The Bertz CT molecular complexity index is 1050. The van der Waals surface area contributed by atoms with Crippen LogP contribution in [0.4, 0.5) is 0 Å². The molecule has 0 radical (unpaired) electrons. The van der Waals surface area contributed by atoms with Gasteiger partial charge in [0.25, 0.3) is 5.91 Å². The summed E-state index contributed by atoms with van der Waals surface area (Å²) in [4.78, 5) is 23.4.